The van der Waals surface area contributed by atoms with Crippen molar-refractivity contribution in [1.29, 1.82) is 0 Å². The molecule has 0 aliphatic heterocycles. The normalized spacial score (nSPS) is 12.0. The summed E-state index contributed by atoms with van der Waals surface area (Å²) in [5.74, 6) is 0. The van der Waals surface area contributed by atoms with Crippen molar-refractivity contribution in [1.82, 2.24) is 15.2 Å². The molecule has 96 valence electrons. The lowest BCUT2D eigenvalue weighted by Crippen LogP contribution is -2.36. The van der Waals surface area contributed by atoms with Crippen LogP contribution in [0.5, 0.6) is 0 Å². The highest BCUT2D eigenvalue weighted by molar-refractivity contribution is 7.89. The van der Waals surface area contributed by atoms with Crippen LogP contribution in [0.1, 0.15) is 12.5 Å². The summed E-state index contributed by atoms with van der Waals surface area (Å²) >= 11 is 0. The van der Waals surface area contributed by atoms with Gasteiger partial charge in [0.2, 0.25) is 0 Å². The van der Waals surface area contributed by atoms with Crippen LogP contribution >= 0.6 is 0 Å². The van der Waals surface area contributed by atoms with Crippen molar-refractivity contribution in [2.24, 2.45) is 0 Å². The summed E-state index contributed by atoms with van der Waals surface area (Å²) in [4.78, 5) is 2.74. The standard InChI is InChI=1S/C11H19N3O2S/c1-4-12-9-10-7-5-6-8-11(10)17(15,16)13-14(2)3/h5-8,12-13H,4,9H2,1-3H3. The van der Waals surface area contributed by atoms with Crippen molar-refractivity contribution >= 4 is 10.0 Å². The van der Waals surface area contributed by atoms with Gasteiger partial charge in [0.25, 0.3) is 10.0 Å². The summed E-state index contributed by atoms with van der Waals surface area (Å²) < 4.78 is 24.1. The number of sulfonamides is 1. The summed E-state index contributed by atoms with van der Waals surface area (Å²) in [7, 11) is -0.198. The first-order chi connectivity index (χ1) is 7.97. The summed E-state index contributed by atoms with van der Waals surface area (Å²) in [5, 5.41) is 4.54. The molecule has 2 N–H and O–H groups in total. The topological polar surface area (TPSA) is 61.4 Å². The number of benzene rings is 1. The van der Waals surface area contributed by atoms with Crippen LogP contribution in [0.3, 0.4) is 0 Å². The van der Waals surface area contributed by atoms with Gasteiger partial charge >= 0.3 is 0 Å². The fraction of sp³-hybridized carbons (Fsp3) is 0.455. The van der Waals surface area contributed by atoms with E-state index in [-0.39, 0.29) is 0 Å². The second-order valence-electron chi connectivity index (χ2n) is 3.88. The lowest BCUT2D eigenvalue weighted by molar-refractivity contribution is 0.363. The van der Waals surface area contributed by atoms with Crippen LogP contribution in [0.15, 0.2) is 29.2 Å². The summed E-state index contributed by atoms with van der Waals surface area (Å²) in [6, 6.07) is 6.98. The van der Waals surface area contributed by atoms with Gasteiger partial charge in [0, 0.05) is 20.6 Å². The predicted molar refractivity (Wildman–Crippen MR) is 67.8 cm³/mol. The molecular formula is C11H19N3O2S. The number of hydrazine groups is 1. The van der Waals surface area contributed by atoms with Gasteiger partial charge in [-0.05, 0) is 18.2 Å². The van der Waals surface area contributed by atoms with E-state index in [2.05, 4.69) is 10.1 Å². The molecule has 0 unspecified atom stereocenters. The molecule has 1 rings (SSSR count). The van der Waals surface area contributed by atoms with Crippen molar-refractivity contribution < 1.29 is 8.42 Å². The lowest BCUT2D eigenvalue weighted by Gasteiger charge is -2.15. The fourth-order valence-electron chi connectivity index (χ4n) is 1.46. The number of nitrogens with zero attached hydrogens (tertiary/aromatic N) is 1. The highest BCUT2D eigenvalue weighted by Gasteiger charge is 2.18. The molecule has 1 aromatic carbocycles. The van der Waals surface area contributed by atoms with E-state index in [9.17, 15) is 8.42 Å². The third-order valence-electron chi connectivity index (χ3n) is 2.13. The van der Waals surface area contributed by atoms with Crippen LogP contribution in [-0.2, 0) is 16.6 Å². The molecule has 0 amide bonds. The Kier molecular flexibility index (Phi) is 5.07. The largest absolute Gasteiger partial charge is 0.313 e. The molecule has 6 heteroatoms. The molecule has 0 saturated heterocycles. The second-order valence-corrected chi connectivity index (χ2v) is 5.51. The number of hydrogen-bond acceptors (Lipinski definition) is 4. The van der Waals surface area contributed by atoms with Crippen LogP contribution in [0.25, 0.3) is 0 Å². The maximum Gasteiger partial charge on any atom is 0.253 e. The van der Waals surface area contributed by atoms with E-state index >= 15 is 0 Å². The van der Waals surface area contributed by atoms with Crippen molar-refractivity contribution in [3.05, 3.63) is 29.8 Å². The van der Waals surface area contributed by atoms with E-state index in [1.54, 1.807) is 26.2 Å². The van der Waals surface area contributed by atoms with Crippen molar-refractivity contribution in [3.63, 3.8) is 0 Å². The van der Waals surface area contributed by atoms with E-state index in [1.807, 2.05) is 19.1 Å². The number of rotatable bonds is 6. The molecule has 1 aromatic rings. The van der Waals surface area contributed by atoms with Gasteiger partial charge in [-0.2, -0.15) is 0 Å². The quantitative estimate of drug-likeness (QED) is 0.731. The molecule has 0 aromatic heterocycles. The molecule has 0 fully saturated rings. The number of nitrogens with one attached hydrogen (secondary N) is 2. The Hall–Kier alpha value is -0.950. The minimum atomic E-state index is -3.48. The lowest BCUT2D eigenvalue weighted by atomic mass is 10.2. The van der Waals surface area contributed by atoms with E-state index in [0.717, 1.165) is 12.1 Å². The minimum absolute atomic E-state index is 0.314. The van der Waals surface area contributed by atoms with Gasteiger partial charge in [0.15, 0.2) is 0 Å². The van der Waals surface area contributed by atoms with Gasteiger partial charge in [0.05, 0.1) is 4.90 Å². The molecule has 0 heterocycles. The van der Waals surface area contributed by atoms with Crippen LogP contribution in [0.4, 0.5) is 0 Å². The summed E-state index contributed by atoms with van der Waals surface area (Å²) in [6.07, 6.45) is 0. The Bertz CT molecular complexity index is 458. The van der Waals surface area contributed by atoms with Crippen molar-refractivity contribution in [2.45, 2.75) is 18.4 Å². The van der Waals surface area contributed by atoms with Crippen LogP contribution in [-0.4, -0.2) is 34.1 Å². The van der Waals surface area contributed by atoms with E-state index in [4.69, 9.17) is 0 Å². The third kappa shape index (κ3) is 4.08. The number of hydrogen-bond donors (Lipinski definition) is 2. The zero-order valence-corrected chi connectivity index (χ0v) is 11.2. The summed E-state index contributed by atoms with van der Waals surface area (Å²) in [6.45, 7) is 3.33. The minimum Gasteiger partial charge on any atom is -0.313 e. The Morgan fingerprint density at radius 2 is 1.88 bits per heavy atom. The SMILES string of the molecule is CCNCc1ccccc1S(=O)(=O)NN(C)C. The molecule has 0 aliphatic carbocycles. The van der Waals surface area contributed by atoms with Gasteiger partial charge in [0.1, 0.15) is 0 Å². The summed E-state index contributed by atoms with van der Waals surface area (Å²) in [5.41, 5.74) is 0.767. The van der Waals surface area contributed by atoms with E-state index < -0.39 is 10.0 Å². The molecule has 5 nitrogen and oxygen atoms in total. The van der Waals surface area contributed by atoms with Crippen LogP contribution in [0, 0.1) is 0 Å². The van der Waals surface area contributed by atoms with Gasteiger partial charge < -0.3 is 5.32 Å². The average molecular weight is 257 g/mol. The highest BCUT2D eigenvalue weighted by atomic mass is 32.2. The Labute approximate surface area is 103 Å². The van der Waals surface area contributed by atoms with E-state index in [0.29, 0.717) is 11.4 Å². The maximum atomic E-state index is 12.0. The van der Waals surface area contributed by atoms with Crippen molar-refractivity contribution in [3.8, 4) is 0 Å². The molecule has 0 bridgehead atoms. The Balaban J connectivity index is 3.04. The molecular weight excluding hydrogens is 238 g/mol. The van der Waals surface area contributed by atoms with Gasteiger partial charge in [-0.3, -0.25) is 0 Å². The Morgan fingerprint density at radius 1 is 1.24 bits per heavy atom. The predicted octanol–water partition coefficient (Wildman–Crippen LogP) is 0.551. The van der Waals surface area contributed by atoms with Gasteiger partial charge in [-0.15, -0.1) is 4.83 Å². The molecule has 0 spiro atoms. The first-order valence-electron chi connectivity index (χ1n) is 5.45. The molecule has 0 atom stereocenters. The van der Waals surface area contributed by atoms with E-state index in [1.165, 1.54) is 5.01 Å². The third-order valence-corrected chi connectivity index (χ3v) is 3.71. The maximum absolute atomic E-state index is 12.0. The van der Waals surface area contributed by atoms with Crippen LogP contribution in [0.2, 0.25) is 0 Å². The van der Waals surface area contributed by atoms with Gasteiger partial charge in [-0.25, -0.2) is 13.4 Å². The van der Waals surface area contributed by atoms with Crippen LogP contribution < -0.4 is 10.1 Å². The zero-order valence-electron chi connectivity index (χ0n) is 10.4. The monoisotopic (exact) mass is 257 g/mol. The first-order valence-corrected chi connectivity index (χ1v) is 6.94. The Morgan fingerprint density at radius 3 is 2.47 bits per heavy atom. The molecule has 17 heavy (non-hydrogen) atoms. The second kappa shape index (κ2) is 6.11. The zero-order chi connectivity index (χ0) is 12.9. The molecule has 0 saturated carbocycles. The molecule has 0 radical (unpaired) electrons. The molecule has 0 aliphatic rings. The first kappa shape index (κ1) is 14.1. The smallest absolute Gasteiger partial charge is 0.253 e. The fourth-order valence-corrected chi connectivity index (χ4v) is 2.78. The van der Waals surface area contributed by atoms with Crippen molar-refractivity contribution in [2.75, 3.05) is 20.6 Å². The highest BCUT2D eigenvalue weighted by Crippen LogP contribution is 2.15. The van der Waals surface area contributed by atoms with Gasteiger partial charge in [-0.1, -0.05) is 25.1 Å². The average Bonchev–Trinajstić information content (AvgIpc) is 2.25.